The third-order valence-electron chi connectivity index (χ3n) is 15.4. The Kier molecular flexibility index (Phi) is 10.8. The predicted octanol–water partition coefficient (Wildman–Crippen LogP) is 4.39. The van der Waals surface area contributed by atoms with Crippen molar-refractivity contribution in [2.75, 3.05) is 13.2 Å². The normalized spacial score (nSPS) is 45.1. The van der Waals surface area contributed by atoms with Gasteiger partial charge in [0.05, 0.1) is 47.9 Å². The predicted molar refractivity (Wildman–Crippen MR) is 187 cm³/mol. The van der Waals surface area contributed by atoms with Crippen molar-refractivity contribution in [3.63, 3.8) is 0 Å². The van der Waals surface area contributed by atoms with Crippen LogP contribution in [-0.4, -0.2) is 91.3 Å². The zero-order valence-corrected chi connectivity index (χ0v) is 30.9. The van der Waals surface area contributed by atoms with E-state index in [2.05, 4.69) is 19.2 Å². The van der Waals surface area contributed by atoms with Crippen LogP contribution in [0.25, 0.3) is 0 Å². The number of allylic oxidation sites excluding steroid dienone is 1. The molecule has 0 spiro atoms. The maximum absolute atomic E-state index is 14.8. The van der Waals surface area contributed by atoms with Gasteiger partial charge in [0.15, 0.2) is 5.78 Å². The summed E-state index contributed by atoms with van der Waals surface area (Å²) >= 11 is 0. The molecule has 4 saturated carbocycles. The summed E-state index contributed by atoms with van der Waals surface area (Å²) in [5, 5.41) is 73.4. The minimum Gasteiger partial charge on any atom is -0.392 e. The number of rotatable bonds is 12. The highest BCUT2D eigenvalue weighted by Gasteiger charge is 2.72. The molecule has 5 fully saturated rings. The highest BCUT2D eigenvalue weighted by atomic mass is 16.5. The van der Waals surface area contributed by atoms with E-state index < -0.39 is 64.4 Å². The lowest BCUT2D eigenvalue weighted by Gasteiger charge is -2.64. The summed E-state index contributed by atoms with van der Waals surface area (Å²) in [7, 11) is 0. The number of ketones is 1. The molecule has 5 aliphatic carbocycles. The number of aliphatic hydroxyl groups excluding tert-OH is 4. The molecule has 0 aromatic heterocycles. The lowest BCUT2D eigenvalue weighted by atomic mass is 9.41. The van der Waals surface area contributed by atoms with E-state index in [4.69, 9.17) is 4.74 Å². The molecule has 280 valence electrons. The number of fused-ring (bicyclic) bond motifs is 5. The maximum atomic E-state index is 14.8. The molecule has 9 heteroatoms. The van der Waals surface area contributed by atoms with Crippen LogP contribution in [-0.2, 0) is 9.53 Å². The zero-order valence-electron chi connectivity index (χ0n) is 30.9. The molecule has 0 aromatic carbocycles. The number of carbonyl (C=O) groups is 1. The molecule has 6 rings (SSSR count). The van der Waals surface area contributed by atoms with Crippen LogP contribution in [0.2, 0.25) is 0 Å². The van der Waals surface area contributed by atoms with Crippen LogP contribution in [0.4, 0.5) is 0 Å². The van der Waals surface area contributed by atoms with Crippen LogP contribution in [0, 0.1) is 46.3 Å². The van der Waals surface area contributed by atoms with Crippen molar-refractivity contribution in [3.8, 4) is 0 Å². The lowest BCUT2D eigenvalue weighted by Crippen LogP contribution is -2.66. The molecule has 14 atom stereocenters. The quantitative estimate of drug-likeness (QED) is 0.148. The first-order valence-electron chi connectivity index (χ1n) is 20.0. The Morgan fingerprint density at radius 2 is 1.73 bits per heavy atom. The molecular weight excluding hydrogens is 622 g/mol. The average molecular weight is 690 g/mol. The van der Waals surface area contributed by atoms with E-state index in [0.717, 1.165) is 38.5 Å². The van der Waals surface area contributed by atoms with Gasteiger partial charge < -0.3 is 40.7 Å². The van der Waals surface area contributed by atoms with Crippen LogP contribution < -0.4 is 5.32 Å². The van der Waals surface area contributed by atoms with Gasteiger partial charge in [-0.1, -0.05) is 59.3 Å². The Labute approximate surface area is 294 Å². The molecule has 0 unspecified atom stereocenters. The Balaban J connectivity index is 1.36. The maximum Gasteiger partial charge on any atom is 0.182 e. The second kappa shape index (κ2) is 14.1. The SMILES string of the molecule is CCCCCC[C@@H]1CO[C@@H]([C@@H](O)[C@](C)(O)[C@H]2CC[C@@]3(O)C4=C(NC[C@H](C)O)C(=O)[C@@H]5C[C@@H](O)[C@@H](O)C[C@]5(C5CCCC5)[C@H]4CC[C@]23C)[C@H]1C. The van der Waals surface area contributed by atoms with E-state index in [0.29, 0.717) is 55.9 Å². The van der Waals surface area contributed by atoms with Crippen LogP contribution in [0.15, 0.2) is 11.3 Å². The number of ether oxygens (including phenoxy) is 1. The fourth-order valence-corrected chi connectivity index (χ4v) is 12.6. The van der Waals surface area contributed by atoms with Gasteiger partial charge in [-0.3, -0.25) is 4.79 Å². The van der Waals surface area contributed by atoms with Crippen LogP contribution >= 0.6 is 0 Å². The molecule has 9 nitrogen and oxygen atoms in total. The number of carbonyl (C=O) groups excluding carboxylic acids is 1. The molecule has 1 aliphatic heterocycles. The van der Waals surface area contributed by atoms with E-state index in [1.54, 1.807) is 13.8 Å². The van der Waals surface area contributed by atoms with Crippen LogP contribution in [0.1, 0.15) is 131 Å². The van der Waals surface area contributed by atoms with E-state index in [1.807, 2.05) is 6.92 Å². The first kappa shape index (κ1) is 37.7. The summed E-state index contributed by atoms with van der Waals surface area (Å²) in [4.78, 5) is 14.8. The highest BCUT2D eigenvalue weighted by molar-refractivity contribution is 6.00. The van der Waals surface area contributed by atoms with Crippen molar-refractivity contribution in [3.05, 3.63) is 11.3 Å². The third-order valence-corrected chi connectivity index (χ3v) is 15.4. The number of Topliss-reactive ketones (excluding diaryl/α,β-unsaturated/α-hetero) is 1. The van der Waals surface area contributed by atoms with Gasteiger partial charge >= 0.3 is 0 Å². The summed E-state index contributed by atoms with van der Waals surface area (Å²) in [6.45, 7) is 10.5. The van der Waals surface area contributed by atoms with Crippen molar-refractivity contribution in [2.24, 2.45) is 46.3 Å². The number of hydrogen-bond acceptors (Lipinski definition) is 9. The highest BCUT2D eigenvalue weighted by Crippen LogP contribution is 2.71. The van der Waals surface area contributed by atoms with Crippen molar-refractivity contribution in [2.45, 2.75) is 173 Å². The standard InChI is InChI=1S/C40H67NO8/c1-6-7-8-9-12-25-22-49-35(24(25)3)36(46)38(5,47)31-16-18-40(48)32-27(15-17-37(31,40)4)39(26-13-10-11-14-26)20-30(44)29(43)19-28(39)34(45)33(32)41-21-23(2)42/h23-31,35-36,41-44,46-48H,6-22H2,1-5H3/t23-,24-,25+,27-,28-,29+,30-,31-,35+,36+,37+,38+,39-,40+/m0/s1. The van der Waals surface area contributed by atoms with E-state index >= 15 is 0 Å². The number of nitrogens with one attached hydrogen (secondary N) is 1. The van der Waals surface area contributed by atoms with Gasteiger partial charge in [-0.15, -0.1) is 0 Å². The van der Waals surface area contributed by atoms with Gasteiger partial charge in [-0.25, -0.2) is 0 Å². The largest absolute Gasteiger partial charge is 0.392 e. The second-order valence-electron chi connectivity index (χ2n) is 18.0. The van der Waals surface area contributed by atoms with Crippen molar-refractivity contribution in [1.82, 2.24) is 5.32 Å². The summed E-state index contributed by atoms with van der Waals surface area (Å²) in [5.41, 5.74) is -3.37. The van der Waals surface area contributed by atoms with Crippen molar-refractivity contribution >= 4 is 5.78 Å². The first-order chi connectivity index (χ1) is 23.1. The van der Waals surface area contributed by atoms with Gasteiger partial charge in [0, 0.05) is 17.9 Å². The molecule has 0 bridgehead atoms. The molecule has 0 amide bonds. The van der Waals surface area contributed by atoms with Crippen molar-refractivity contribution < 1.29 is 40.2 Å². The summed E-state index contributed by atoms with van der Waals surface area (Å²) in [5.74, 6) is -0.619. The first-order valence-corrected chi connectivity index (χ1v) is 20.0. The molecule has 49 heavy (non-hydrogen) atoms. The molecule has 0 aromatic rings. The molecule has 6 aliphatic rings. The Morgan fingerprint density at radius 3 is 2.41 bits per heavy atom. The third kappa shape index (κ3) is 5.97. The monoisotopic (exact) mass is 689 g/mol. The molecule has 0 radical (unpaired) electrons. The summed E-state index contributed by atoms with van der Waals surface area (Å²) in [6.07, 6.45) is 8.19. The van der Waals surface area contributed by atoms with Crippen molar-refractivity contribution in [1.29, 1.82) is 0 Å². The van der Waals surface area contributed by atoms with Gasteiger partial charge in [-0.2, -0.15) is 0 Å². The lowest BCUT2D eigenvalue weighted by molar-refractivity contribution is -0.199. The average Bonchev–Trinajstić information content (AvgIpc) is 3.78. The smallest absolute Gasteiger partial charge is 0.182 e. The minimum absolute atomic E-state index is 0.0955. The van der Waals surface area contributed by atoms with Gasteiger partial charge in [-0.05, 0) is 112 Å². The van der Waals surface area contributed by atoms with E-state index in [9.17, 15) is 35.4 Å². The van der Waals surface area contributed by atoms with E-state index in [-0.39, 0.29) is 36.5 Å². The van der Waals surface area contributed by atoms with Crippen LogP contribution in [0.3, 0.4) is 0 Å². The van der Waals surface area contributed by atoms with Gasteiger partial charge in [0.2, 0.25) is 0 Å². The number of unbranched alkanes of at least 4 members (excludes halogenated alkanes) is 3. The Morgan fingerprint density at radius 1 is 1.02 bits per heavy atom. The molecule has 1 saturated heterocycles. The minimum atomic E-state index is -1.55. The van der Waals surface area contributed by atoms with E-state index in [1.165, 1.54) is 19.3 Å². The fourth-order valence-electron chi connectivity index (χ4n) is 12.6. The summed E-state index contributed by atoms with van der Waals surface area (Å²) < 4.78 is 6.25. The van der Waals surface area contributed by atoms with Crippen LogP contribution in [0.5, 0.6) is 0 Å². The Hall–Kier alpha value is -1.07. The molecule has 1 heterocycles. The number of hydrogen-bond donors (Lipinski definition) is 7. The summed E-state index contributed by atoms with van der Waals surface area (Å²) in [6, 6.07) is 0. The molecular formula is C40H67NO8. The van der Waals surface area contributed by atoms with Gasteiger partial charge in [0.25, 0.3) is 0 Å². The van der Waals surface area contributed by atoms with Gasteiger partial charge in [0.1, 0.15) is 6.10 Å². The topological polar surface area (TPSA) is 160 Å². The molecule has 7 N–H and O–H groups in total. The second-order valence-corrected chi connectivity index (χ2v) is 18.0. The fraction of sp³-hybridized carbons (Fsp3) is 0.925. The zero-order chi connectivity index (χ0) is 35.5. The number of aliphatic hydroxyl groups is 6. The Bertz CT molecular complexity index is 1230.